The number of hydrogen-bond acceptors (Lipinski definition) is 6. The maximum Gasteiger partial charge on any atom is 0.265 e. The number of sulfonamides is 1. The monoisotopic (exact) mass is 429 g/mol. The van der Waals surface area contributed by atoms with Crippen LogP contribution < -0.4 is 14.2 Å². The van der Waals surface area contributed by atoms with Gasteiger partial charge in [0.05, 0.1) is 14.2 Å². The minimum atomic E-state index is -4.11. The Kier molecular flexibility index (Phi) is 5.91. The number of ether oxygens (including phenoxy) is 2. The second-order valence-corrected chi connectivity index (χ2v) is 7.39. The summed E-state index contributed by atoms with van der Waals surface area (Å²) in [6, 6.07) is 6.10. The minimum absolute atomic E-state index is 0.152. The summed E-state index contributed by atoms with van der Waals surface area (Å²) < 4.78 is 42.5. The SMILES string of the molecule is COc1cc(Br)c(S(=O)(=O)NC(=O)C=Cc2ccc(C)o2)cc1OC. The van der Waals surface area contributed by atoms with Crippen LogP contribution in [0.2, 0.25) is 0 Å². The lowest BCUT2D eigenvalue weighted by Gasteiger charge is -2.12. The van der Waals surface area contributed by atoms with E-state index in [1.165, 1.54) is 32.4 Å². The fourth-order valence-electron chi connectivity index (χ4n) is 1.96. The third kappa shape index (κ3) is 4.64. The van der Waals surface area contributed by atoms with Gasteiger partial charge >= 0.3 is 0 Å². The fraction of sp³-hybridized carbons (Fsp3) is 0.188. The van der Waals surface area contributed by atoms with Crippen LogP contribution in [0.1, 0.15) is 11.5 Å². The summed E-state index contributed by atoms with van der Waals surface area (Å²) in [7, 11) is -1.30. The molecule has 25 heavy (non-hydrogen) atoms. The van der Waals surface area contributed by atoms with Gasteiger partial charge in [-0.15, -0.1) is 0 Å². The highest BCUT2D eigenvalue weighted by Crippen LogP contribution is 2.35. The fourth-order valence-corrected chi connectivity index (χ4v) is 3.95. The standard InChI is InChI=1S/C16H16BrNO6S/c1-10-4-5-11(24-10)6-7-16(19)18-25(20,21)15-9-14(23-3)13(22-2)8-12(15)17/h4-9H,1-3H3,(H,18,19). The molecule has 0 radical (unpaired) electrons. The zero-order valence-corrected chi connectivity index (χ0v) is 16.1. The van der Waals surface area contributed by atoms with E-state index in [-0.39, 0.29) is 15.1 Å². The molecule has 0 unspecified atom stereocenters. The predicted octanol–water partition coefficient (Wildman–Crippen LogP) is 2.89. The smallest absolute Gasteiger partial charge is 0.265 e. The zero-order chi connectivity index (χ0) is 18.6. The van der Waals surface area contributed by atoms with Crippen LogP contribution in [0.5, 0.6) is 11.5 Å². The van der Waals surface area contributed by atoms with Crippen molar-refractivity contribution < 1.29 is 27.1 Å². The van der Waals surface area contributed by atoms with E-state index in [2.05, 4.69) is 15.9 Å². The number of halogens is 1. The molecule has 9 heteroatoms. The Morgan fingerprint density at radius 3 is 2.40 bits per heavy atom. The van der Waals surface area contributed by atoms with E-state index in [1.54, 1.807) is 19.1 Å². The summed E-state index contributed by atoms with van der Waals surface area (Å²) in [6.45, 7) is 1.76. The molecular weight excluding hydrogens is 414 g/mol. The van der Waals surface area contributed by atoms with Gasteiger partial charge in [-0.05, 0) is 47.1 Å². The van der Waals surface area contributed by atoms with Crippen molar-refractivity contribution in [1.82, 2.24) is 4.72 Å². The first-order valence-electron chi connectivity index (χ1n) is 6.99. The molecular formula is C16H16BrNO6S. The van der Waals surface area contributed by atoms with E-state index in [0.717, 1.165) is 6.08 Å². The van der Waals surface area contributed by atoms with Crippen molar-refractivity contribution in [2.75, 3.05) is 14.2 Å². The van der Waals surface area contributed by atoms with E-state index in [0.29, 0.717) is 17.3 Å². The van der Waals surface area contributed by atoms with Crippen molar-refractivity contribution in [2.24, 2.45) is 0 Å². The van der Waals surface area contributed by atoms with Crippen LogP contribution in [0.3, 0.4) is 0 Å². The van der Waals surface area contributed by atoms with Gasteiger partial charge in [0.2, 0.25) is 0 Å². The highest BCUT2D eigenvalue weighted by Gasteiger charge is 2.22. The third-order valence-corrected chi connectivity index (χ3v) is 5.43. The molecule has 0 aliphatic carbocycles. The molecule has 0 aliphatic heterocycles. The van der Waals surface area contributed by atoms with Gasteiger partial charge in [-0.25, -0.2) is 13.1 Å². The number of furan rings is 1. The molecule has 1 amide bonds. The van der Waals surface area contributed by atoms with Crippen LogP contribution in [-0.4, -0.2) is 28.5 Å². The number of rotatable bonds is 6. The lowest BCUT2D eigenvalue weighted by atomic mass is 10.3. The minimum Gasteiger partial charge on any atom is -0.493 e. The lowest BCUT2D eigenvalue weighted by Crippen LogP contribution is -2.29. The van der Waals surface area contributed by atoms with Crippen molar-refractivity contribution in [3.8, 4) is 11.5 Å². The molecule has 1 N–H and O–H groups in total. The van der Waals surface area contributed by atoms with E-state index >= 15 is 0 Å². The first-order valence-corrected chi connectivity index (χ1v) is 9.27. The molecule has 0 saturated heterocycles. The molecule has 0 saturated carbocycles. The maximum absolute atomic E-state index is 12.4. The first-order chi connectivity index (χ1) is 11.8. The molecule has 2 rings (SSSR count). The highest BCUT2D eigenvalue weighted by atomic mass is 79.9. The van der Waals surface area contributed by atoms with Gasteiger partial charge in [-0.3, -0.25) is 4.79 Å². The normalized spacial score (nSPS) is 11.5. The molecule has 1 aromatic heterocycles. The Bertz CT molecular complexity index is 917. The van der Waals surface area contributed by atoms with Crippen LogP contribution in [0.15, 0.2) is 44.1 Å². The predicted molar refractivity (Wildman–Crippen MR) is 95.1 cm³/mol. The number of carbonyl (C=O) groups is 1. The third-order valence-electron chi connectivity index (χ3n) is 3.12. The maximum atomic E-state index is 12.4. The van der Waals surface area contributed by atoms with Crippen molar-refractivity contribution in [2.45, 2.75) is 11.8 Å². The van der Waals surface area contributed by atoms with Gasteiger partial charge in [0.15, 0.2) is 11.5 Å². The average Bonchev–Trinajstić information content (AvgIpc) is 2.97. The van der Waals surface area contributed by atoms with Gasteiger partial charge in [0, 0.05) is 16.6 Å². The topological polar surface area (TPSA) is 94.8 Å². The number of carbonyl (C=O) groups excluding carboxylic acids is 1. The van der Waals surface area contributed by atoms with Crippen LogP contribution in [0, 0.1) is 6.92 Å². The average molecular weight is 430 g/mol. The van der Waals surface area contributed by atoms with Gasteiger partial charge in [0.1, 0.15) is 16.4 Å². The number of hydrogen-bond donors (Lipinski definition) is 1. The number of methoxy groups -OCH3 is 2. The molecule has 1 aromatic carbocycles. The van der Waals surface area contributed by atoms with Crippen molar-refractivity contribution in [3.63, 3.8) is 0 Å². The van der Waals surface area contributed by atoms with Crippen LogP contribution in [0.25, 0.3) is 6.08 Å². The number of nitrogens with one attached hydrogen (secondary N) is 1. The summed E-state index contributed by atoms with van der Waals surface area (Å²) >= 11 is 3.16. The molecule has 0 spiro atoms. The molecule has 0 aliphatic rings. The van der Waals surface area contributed by atoms with Gasteiger partial charge in [-0.2, -0.15) is 0 Å². The van der Waals surface area contributed by atoms with Crippen LogP contribution in [0.4, 0.5) is 0 Å². The first kappa shape index (κ1) is 19.1. The largest absolute Gasteiger partial charge is 0.493 e. The van der Waals surface area contributed by atoms with E-state index < -0.39 is 15.9 Å². The lowest BCUT2D eigenvalue weighted by molar-refractivity contribution is -0.114. The van der Waals surface area contributed by atoms with Crippen molar-refractivity contribution >= 4 is 37.9 Å². The van der Waals surface area contributed by atoms with Gasteiger partial charge in [0.25, 0.3) is 15.9 Å². The molecule has 2 aromatic rings. The summed E-state index contributed by atoms with van der Waals surface area (Å²) in [4.78, 5) is 11.8. The molecule has 1 heterocycles. The van der Waals surface area contributed by atoms with E-state index in [9.17, 15) is 13.2 Å². The number of amides is 1. The number of benzene rings is 1. The van der Waals surface area contributed by atoms with E-state index in [1.807, 2.05) is 4.72 Å². The second kappa shape index (κ2) is 7.75. The Morgan fingerprint density at radius 2 is 1.84 bits per heavy atom. The van der Waals surface area contributed by atoms with Crippen LogP contribution in [-0.2, 0) is 14.8 Å². The number of aryl methyl sites for hydroxylation is 1. The summed E-state index contributed by atoms with van der Waals surface area (Å²) in [6.07, 6.45) is 2.45. The molecule has 134 valence electrons. The summed E-state index contributed by atoms with van der Waals surface area (Å²) in [5, 5.41) is 0. The molecule has 0 bridgehead atoms. The van der Waals surface area contributed by atoms with Gasteiger partial charge < -0.3 is 13.9 Å². The quantitative estimate of drug-likeness (QED) is 0.709. The van der Waals surface area contributed by atoms with Gasteiger partial charge in [-0.1, -0.05) is 0 Å². The Hall–Kier alpha value is -2.26. The van der Waals surface area contributed by atoms with Crippen LogP contribution >= 0.6 is 15.9 Å². The summed E-state index contributed by atoms with van der Waals surface area (Å²) in [5.41, 5.74) is 0. The highest BCUT2D eigenvalue weighted by molar-refractivity contribution is 9.10. The Labute approximate surface area is 153 Å². The molecule has 0 fully saturated rings. The Morgan fingerprint density at radius 1 is 1.20 bits per heavy atom. The molecule has 0 atom stereocenters. The van der Waals surface area contributed by atoms with Crippen molar-refractivity contribution in [3.05, 3.63) is 46.3 Å². The summed E-state index contributed by atoms with van der Waals surface area (Å²) in [5.74, 6) is 0.892. The Balaban J connectivity index is 2.23. The molecule has 7 nitrogen and oxygen atoms in total. The zero-order valence-electron chi connectivity index (χ0n) is 13.7. The van der Waals surface area contributed by atoms with E-state index in [4.69, 9.17) is 13.9 Å². The van der Waals surface area contributed by atoms with Crippen molar-refractivity contribution in [1.29, 1.82) is 0 Å². The second-order valence-electron chi connectivity index (χ2n) is 4.89.